The zero-order valence-electron chi connectivity index (χ0n) is 21.0. The van der Waals surface area contributed by atoms with Gasteiger partial charge in [0, 0.05) is 6.42 Å². The van der Waals surface area contributed by atoms with Crippen LogP contribution in [0.5, 0.6) is 11.5 Å². The van der Waals surface area contributed by atoms with Crippen LogP contribution in [-0.4, -0.2) is 30.5 Å². The number of carbonyl (C=O) groups excluding carboxylic acids is 2. The number of aliphatic imine (C=N–C) groups is 1. The molecule has 3 rings (SSSR count). The van der Waals surface area contributed by atoms with Crippen molar-refractivity contribution in [3.8, 4) is 11.5 Å². The van der Waals surface area contributed by atoms with Crippen molar-refractivity contribution < 1.29 is 28.5 Å². The Balaban J connectivity index is 1.93. The van der Waals surface area contributed by atoms with Crippen molar-refractivity contribution in [2.45, 2.75) is 51.7 Å². The van der Waals surface area contributed by atoms with Crippen LogP contribution >= 0.6 is 0 Å². The molecule has 0 radical (unpaired) electrons. The van der Waals surface area contributed by atoms with Gasteiger partial charge in [0.25, 0.3) is 5.72 Å². The number of methoxy groups -OCH3 is 1. The summed E-state index contributed by atoms with van der Waals surface area (Å²) >= 11 is 0. The molecule has 3 aromatic carbocycles. The van der Waals surface area contributed by atoms with E-state index >= 15 is 0 Å². The molecular formula is C29H31NO6. The van der Waals surface area contributed by atoms with Gasteiger partial charge in [-0.05, 0) is 49.6 Å². The summed E-state index contributed by atoms with van der Waals surface area (Å²) in [5, 5.41) is 0. The Morgan fingerprint density at radius 2 is 1.36 bits per heavy atom. The lowest BCUT2D eigenvalue weighted by atomic mass is 10.0. The second kappa shape index (κ2) is 12.2. The summed E-state index contributed by atoms with van der Waals surface area (Å²) in [5.41, 5.74) is -0.0435. The maximum atomic E-state index is 12.8. The molecular weight excluding hydrogens is 458 g/mol. The van der Waals surface area contributed by atoms with Crippen molar-refractivity contribution in [2.24, 2.45) is 4.99 Å². The molecule has 0 saturated carbocycles. The third-order valence-electron chi connectivity index (χ3n) is 5.13. The fourth-order valence-electron chi connectivity index (χ4n) is 3.64. The molecule has 1 atom stereocenters. The number of nitrogens with zero attached hydrogens (tertiary/aromatic N) is 1. The Kier molecular flexibility index (Phi) is 9.01. The first-order valence-corrected chi connectivity index (χ1v) is 11.6. The van der Waals surface area contributed by atoms with Crippen LogP contribution in [-0.2, 0) is 38.7 Å². The van der Waals surface area contributed by atoms with Crippen LogP contribution < -0.4 is 9.47 Å². The van der Waals surface area contributed by atoms with Crippen LogP contribution in [0.25, 0.3) is 0 Å². The van der Waals surface area contributed by atoms with Crippen LogP contribution in [0.15, 0.2) is 83.9 Å². The van der Waals surface area contributed by atoms with Gasteiger partial charge in [-0.25, -0.2) is 9.59 Å². The summed E-state index contributed by atoms with van der Waals surface area (Å²) in [5.74, 6) is 0.228. The number of hydrogen-bond donors (Lipinski definition) is 0. The minimum Gasteiger partial charge on any atom is -0.485 e. The normalized spacial score (nSPS) is 12.7. The van der Waals surface area contributed by atoms with E-state index in [0.717, 1.165) is 11.1 Å². The number of ether oxygens (including phenoxy) is 4. The molecule has 36 heavy (non-hydrogen) atoms. The Bertz CT molecular complexity index is 1180. The van der Waals surface area contributed by atoms with Gasteiger partial charge in [-0.1, -0.05) is 66.7 Å². The molecule has 0 aliphatic carbocycles. The molecule has 7 nitrogen and oxygen atoms in total. The van der Waals surface area contributed by atoms with Gasteiger partial charge in [0.05, 0.1) is 12.7 Å². The standard InChI is InChI=1S/C29H31NO6/c1-28(2,3)36-29(30-21-31,27(32)33-4)18-24-15-16-25(34-19-22-11-7-5-8-12-22)26(17-24)35-20-23-13-9-6-10-14-23/h5-17H,18-20H2,1-4H3/t29-/m0/s1. The first-order chi connectivity index (χ1) is 17.2. The van der Waals surface area contributed by atoms with E-state index in [0.29, 0.717) is 30.3 Å². The van der Waals surface area contributed by atoms with Crippen LogP contribution in [0.4, 0.5) is 0 Å². The number of esters is 1. The van der Waals surface area contributed by atoms with Crippen molar-refractivity contribution in [3.63, 3.8) is 0 Å². The Morgan fingerprint density at radius 1 is 0.806 bits per heavy atom. The lowest BCUT2D eigenvalue weighted by molar-refractivity contribution is -0.186. The van der Waals surface area contributed by atoms with E-state index in [1.807, 2.05) is 60.7 Å². The van der Waals surface area contributed by atoms with Crippen molar-refractivity contribution >= 4 is 12.0 Å². The first-order valence-electron chi connectivity index (χ1n) is 11.6. The van der Waals surface area contributed by atoms with E-state index in [9.17, 15) is 9.59 Å². The van der Waals surface area contributed by atoms with Gasteiger partial charge >= 0.3 is 5.97 Å². The second-order valence-corrected chi connectivity index (χ2v) is 9.20. The minimum absolute atomic E-state index is 0.0627. The SMILES string of the molecule is COC(=O)[C@@](Cc1ccc(OCc2ccccc2)c(OCc2ccccc2)c1)(N=C=O)OC(C)(C)C. The summed E-state index contributed by atoms with van der Waals surface area (Å²) in [4.78, 5) is 27.8. The molecule has 0 aliphatic heterocycles. The summed E-state index contributed by atoms with van der Waals surface area (Å²) in [6.45, 7) is 5.97. The highest BCUT2D eigenvalue weighted by Crippen LogP contribution is 2.34. The average Bonchev–Trinajstić information content (AvgIpc) is 2.86. The highest BCUT2D eigenvalue weighted by molar-refractivity contribution is 5.80. The highest BCUT2D eigenvalue weighted by atomic mass is 16.6. The quantitative estimate of drug-likeness (QED) is 0.204. The molecule has 188 valence electrons. The molecule has 0 amide bonds. The first kappa shape index (κ1) is 26.7. The zero-order chi connectivity index (χ0) is 26.0. The molecule has 0 N–H and O–H groups in total. The Hall–Kier alpha value is -3.93. The van der Waals surface area contributed by atoms with Crippen molar-refractivity contribution in [3.05, 3.63) is 95.6 Å². The van der Waals surface area contributed by atoms with Gasteiger partial charge in [-0.15, -0.1) is 0 Å². The highest BCUT2D eigenvalue weighted by Gasteiger charge is 2.45. The zero-order valence-corrected chi connectivity index (χ0v) is 21.0. The molecule has 0 heterocycles. The lowest BCUT2D eigenvalue weighted by Gasteiger charge is -2.33. The van der Waals surface area contributed by atoms with Gasteiger partial charge in [0.2, 0.25) is 6.08 Å². The molecule has 0 aliphatic rings. The molecule has 0 fully saturated rings. The fraction of sp³-hybridized carbons (Fsp3) is 0.310. The number of benzene rings is 3. The van der Waals surface area contributed by atoms with Crippen LogP contribution in [0.1, 0.15) is 37.5 Å². The Morgan fingerprint density at radius 3 is 1.86 bits per heavy atom. The predicted molar refractivity (Wildman–Crippen MR) is 135 cm³/mol. The summed E-state index contributed by atoms with van der Waals surface area (Å²) in [6.07, 6.45) is 1.41. The minimum atomic E-state index is -1.89. The van der Waals surface area contributed by atoms with Crippen LogP contribution in [0.2, 0.25) is 0 Å². The van der Waals surface area contributed by atoms with Crippen molar-refractivity contribution in [1.82, 2.24) is 0 Å². The lowest BCUT2D eigenvalue weighted by Crippen LogP contribution is -2.47. The van der Waals surface area contributed by atoms with E-state index in [1.54, 1.807) is 39.0 Å². The van der Waals surface area contributed by atoms with E-state index < -0.39 is 17.3 Å². The van der Waals surface area contributed by atoms with Gasteiger partial charge < -0.3 is 18.9 Å². The number of hydrogen-bond acceptors (Lipinski definition) is 7. The third-order valence-corrected chi connectivity index (χ3v) is 5.13. The van der Waals surface area contributed by atoms with Crippen molar-refractivity contribution in [2.75, 3.05) is 7.11 Å². The number of carbonyl (C=O) groups is 1. The smallest absolute Gasteiger partial charge is 0.362 e. The third kappa shape index (κ3) is 7.54. The second-order valence-electron chi connectivity index (χ2n) is 9.20. The van der Waals surface area contributed by atoms with Gasteiger partial charge in [0.1, 0.15) is 13.2 Å². The maximum absolute atomic E-state index is 12.8. The van der Waals surface area contributed by atoms with Gasteiger partial charge in [-0.3, -0.25) is 0 Å². The van der Waals surface area contributed by atoms with Gasteiger partial charge in [0.15, 0.2) is 11.5 Å². The topological polar surface area (TPSA) is 83.4 Å². The maximum Gasteiger partial charge on any atom is 0.362 e. The Labute approximate surface area is 211 Å². The number of rotatable bonds is 11. The largest absolute Gasteiger partial charge is 0.485 e. The van der Waals surface area contributed by atoms with E-state index in [4.69, 9.17) is 18.9 Å². The fourth-order valence-corrected chi connectivity index (χ4v) is 3.64. The van der Waals surface area contributed by atoms with E-state index in [-0.39, 0.29) is 6.42 Å². The summed E-state index contributed by atoms with van der Waals surface area (Å²) in [6, 6.07) is 24.8. The molecule has 0 unspecified atom stereocenters. The summed E-state index contributed by atoms with van der Waals surface area (Å²) in [7, 11) is 1.22. The van der Waals surface area contributed by atoms with E-state index in [2.05, 4.69) is 4.99 Å². The monoisotopic (exact) mass is 489 g/mol. The van der Waals surface area contributed by atoms with Crippen LogP contribution in [0.3, 0.4) is 0 Å². The average molecular weight is 490 g/mol. The summed E-state index contributed by atoms with van der Waals surface area (Å²) < 4.78 is 23.1. The predicted octanol–water partition coefficient (Wildman–Crippen LogP) is 5.41. The van der Waals surface area contributed by atoms with Gasteiger partial charge in [-0.2, -0.15) is 4.99 Å². The molecule has 0 spiro atoms. The molecule has 3 aromatic rings. The molecule has 0 aromatic heterocycles. The molecule has 0 saturated heterocycles. The molecule has 0 bridgehead atoms. The number of isocyanates is 1. The van der Waals surface area contributed by atoms with E-state index in [1.165, 1.54) is 13.2 Å². The molecule has 7 heteroatoms. The van der Waals surface area contributed by atoms with Crippen LogP contribution in [0, 0.1) is 0 Å². The van der Waals surface area contributed by atoms with Crippen molar-refractivity contribution in [1.29, 1.82) is 0 Å².